The number of nitrogens with one attached hydrogen (secondary N) is 1. The third-order valence-corrected chi connectivity index (χ3v) is 4.45. The molecular weight excluding hydrogens is 316 g/mol. The first kappa shape index (κ1) is 17.0. The van der Waals surface area contributed by atoms with Crippen LogP contribution >= 0.6 is 0 Å². The molecule has 1 fully saturated rings. The highest BCUT2D eigenvalue weighted by Gasteiger charge is 2.34. The van der Waals surface area contributed by atoms with E-state index in [0.717, 1.165) is 17.0 Å². The molecule has 0 bridgehead atoms. The predicted octanol–water partition coefficient (Wildman–Crippen LogP) is 2.41. The van der Waals surface area contributed by atoms with Gasteiger partial charge < -0.3 is 15.0 Å². The number of ether oxygens (including phenoxy) is 1. The van der Waals surface area contributed by atoms with Gasteiger partial charge in [0.2, 0.25) is 11.8 Å². The summed E-state index contributed by atoms with van der Waals surface area (Å²) in [5.74, 6) is 0.450. The van der Waals surface area contributed by atoms with Crippen molar-refractivity contribution in [3.05, 3.63) is 60.2 Å². The molecule has 5 heteroatoms. The lowest BCUT2D eigenvalue weighted by atomic mass is 10.1. The maximum absolute atomic E-state index is 12.4. The number of amides is 2. The Hall–Kier alpha value is -2.82. The minimum absolute atomic E-state index is 0.00363. The van der Waals surface area contributed by atoms with Gasteiger partial charge in [0, 0.05) is 25.2 Å². The fourth-order valence-corrected chi connectivity index (χ4v) is 3.11. The summed E-state index contributed by atoms with van der Waals surface area (Å²) in [6.07, 6.45) is 0.953. The third-order valence-electron chi connectivity index (χ3n) is 4.45. The van der Waals surface area contributed by atoms with Gasteiger partial charge in [0.1, 0.15) is 5.75 Å². The van der Waals surface area contributed by atoms with E-state index in [1.165, 1.54) is 0 Å². The molecule has 0 radical (unpaired) electrons. The second-order valence-electron chi connectivity index (χ2n) is 6.09. The van der Waals surface area contributed by atoms with Gasteiger partial charge in [-0.1, -0.05) is 36.4 Å². The van der Waals surface area contributed by atoms with Crippen LogP contribution < -0.4 is 15.0 Å². The number of carbonyl (C=O) groups excluding carboxylic acids is 2. The zero-order valence-electron chi connectivity index (χ0n) is 14.3. The summed E-state index contributed by atoms with van der Waals surface area (Å²) >= 11 is 0. The smallest absolute Gasteiger partial charge is 0.227 e. The fourth-order valence-electron chi connectivity index (χ4n) is 3.11. The van der Waals surface area contributed by atoms with E-state index in [1.807, 2.05) is 54.6 Å². The minimum atomic E-state index is -0.301. The van der Waals surface area contributed by atoms with E-state index in [0.29, 0.717) is 19.5 Å². The summed E-state index contributed by atoms with van der Waals surface area (Å²) in [6.45, 7) is 0.957. The molecule has 2 amide bonds. The largest absolute Gasteiger partial charge is 0.496 e. The van der Waals surface area contributed by atoms with Crippen molar-refractivity contribution in [2.24, 2.45) is 5.92 Å². The van der Waals surface area contributed by atoms with Crippen LogP contribution in [0.1, 0.15) is 12.0 Å². The number of para-hydroxylation sites is 2. The van der Waals surface area contributed by atoms with Crippen molar-refractivity contribution >= 4 is 17.5 Å². The average molecular weight is 338 g/mol. The van der Waals surface area contributed by atoms with Crippen molar-refractivity contribution in [3.8, 4) is 5.75 Å². The van der Waals surface area contributed by atoms with Gasteiger partial charge in [-0.05, 0) is 30.2 Å². The lowest BCUT2D eigenvalue weighted by Gasteiger charge is -2.16. The van der Waals surface area contributed by atoms with Crippen LogP contribution in [-0.2, 0) is 16.0 Å². The molecule has 1 N–H and O–H groups in total. The summed E-state index contributed by atoms with van der Waals surface area (Å²) in [7, 11) is 1.64. The molecule has 25 heavy (non-hydrogen) atoms. The van der Waals surface area contributed by atoms with Crippen LogP contribution in [-0.4, -0.2) is 32.0 Å². The van der Waals surface area contributed by atoms with Crippen molar-refractivity contribution in [1.82, 2.24) is 5.32 Å². The SMILES string of the molecule is COc1ccccc1CCNC(=O)C1CC(=O)N(c2ccccc2)C1. The Balaban J connectivity index is 1.53. The Bertz CT molecular complexity index is 746. The van der Waals surface area contributed by atoms with Crippen LogP contribution in [0.5, 0.6) is 5.75 Å². The highest BCUT2D eigenvalue weighted by molar-refractivity contribution is 6.00. The number of anilines is 1. The first-order valence-corrected chi connectivity index (χ1v) is 8.44. The Labute approximate surface area is 147 Å². The summed E-state index contributed by atoms with van der Waals surface area (Å²) < 4.78 is 5.32. The number of hydrogen-bond acceptors (Lipinski definition) is 3. The monoisotopic (exact) mass is 338 g/mol. The number of rotatable bonds is 6. The molecule has 3 rings (SSSR count). The quantitative estimate of drug-likeness (QED) is 0.880. The molecule has 0 aromatic heterocycles. The van der Waals surface area contributed by atoms with E-state index in [4.69, 9.17) is 4.74 Å². The minimum Gasteiger partial charge on any atom is -0.496 e. The van der Waals surface area contributed by atoms with Crippen molar-refractivity contribution in [2.45, 2.75) is 12.8 Å². The highest BCUT2D eigenvalue weighted by Crippen LogP contribution is 2.25. The second kappa shape index (κ2) is 7.83. The standard InChI is InChI=1S/C20H22N2O3/c1-25-18-10-6-5-7-15(18)11-12-21-20(24)16-13-19(23)22(14-16)17-8-3-2-4-9-17/h2-10,16H,11-14H2,1H3,(H,21,24). The molecule has 130 valence electrons. The van der Waals surface area contributed by atoms with Crippen molar-refractivity contribution < 1.29 is 14.3 Å². The predicted molar refractivity (Wildman–Crippen MR) is 96.6 cm³/mol. The van der Waals surface area contributed by atoms with E-state index in [2.05, 4.69) is 5.32 Å². The molecule has 1 aliphatic heterocycles. The molecule has 1 saturated heterocycles. The second-order valence-corrected chi connectivity index (χ2v) is 6.09. The van der Waals surface area contributed by atoms with Crippen molar-refractivity contribution in [2.75, 3.05) is 25.1 Å². The zero-order valence-corrected chi connectivity index (χ0v) is 14.3. The molecule has 0 spiro atoms. The van der Waals surface area contributed by atoms with Crippen LogP contribution in [0.2, 0.25) is 0 Å². The summed E-state index contributed by atoms with van der Waals surface area (Å²) in [5.41, 5.74) is 1.90. The molecule has 1 aliphatic rings. The zero-order chi connectivity index (χ0) is 17.6. The third kappa shape index (κ3) is 3.99. The Kier molecular flexibility index (Phi) is 5.33. The summed E-state index contributed by atoms with van der Waals surface area (Å²) in [5, 5.41) is 2.94. The molecule has 1 heterocycles. The van der Waals surface area contributed by atoms with Gasteiger partial charge in [-0.2, -0.15) is 0 Å². The molecular formula is C20H22N2O3. The van der Waals surface area contributed by atoms with Gasteiger partial charge in [-0.15, -0.1) is 0 Å². The van der Waals surface area contributed by atoms with E-state index in [9.17, 15) is 9.59 Å². The van der Waals surface area contributed by atoms with Crippen molar-refractivity contribution in [3.63, 3.8) is 0 Å². The number of hydrogen-bond donors (Lipinski definition) is 1. The van der Waals surface area contributed by atoms with Gasteiger partial charge >= 0.3 is 0 Å². The van der Waals surface area contributed by atoms with Crippen LogP contribution in [0.25, 0.3) is 0 Å². The normalized spacial score (nSPS) is 16.8. The van der Waals surface area contributed by atoms with Gasteiger partial charge in [0.25, 0.3) is 0 Å². The molecule has 5 nitrogen and oxygen atoms in total. The molecule has 2 aromatic rings. The number of nitrogens with zero attached hydrogens (tertiary/aromatic N) is 1. The van der Waals surface area contributed by atoms with Gasteiger partial charge in [-0.25, -0.2) is 0 Å². The number of carbonyl (C=O) groups is 2. The average Bonchev–Trinajstić information content (AvgIpc) is 3.04. The molecule has 0 aliphatic carbocycles. The summed E-state index contributed by atoms with van der Waals surface area (Å²) in [6, 6.07) is 17.2. The van der Waals surface area contributed by atoms with Crippen molar-refractivity contribution in [1.29, 1.82) is 0 Å². The lowest BCUT2D eigenvalue weighted by Crippen LogP contribution is -2.34. The molecule has 0 saturated carbocycles. The Morgan fingerprint density at radius 2 is 1.88 bits per heavy atom. The maximum Gasteiger partial charge on any atom is 0.227 e. The van der Waals surface area contributed by atoms with Crippen LogP contribution in [0.4, 0.5) is 5.69 Å². The van der Waals surface area contributed by atoms with E-state index < -0.39 is 0 Å². The summed E-state index contributed by atoms with van der Waals surface area (Å²) in [4.78, 5) is 26.3. The van der Waals surface area contributed by atoms with Gasteiger partial charge in [0.15, 0.2) is 0 Å². The number of methoxy groups -OCH3 is 1. The molecule has 1 unspecified atom stereocenters. The number of benzene rings is 2. The highest BCUT2D eigenvalue weighted by atomic mass is 16.5. The first-order chi connectivity index (χ1) is 12.2. The van der Waals surface area contributed by atoms with Crippen LogP contribution in [0.15, 0.2) is 54.6 Å². The van der Waals surface area contributed by atoms with E-state index >= 15 is 0 Å². The Morgan fingerprint density at radius 3 is 2.64 bits per heavy atom. The van der Waals surface area contributed by atoms with E-state index in [-0.39, 0.29) is 24.2 Å². The van der Waals surface area contributed by atoms with Gasteiger partial charge in [-0.3, -0.25) is 9.59 Å². The van der Waals surface area contributed by atoms with Crippen LogP contribution in [0.3, 0.4) is 0 Å². The molecule has 2 aromatic carbocycles. The fraction of sp³-hybridized carbons (Fsp3) is 0.300. The Morgan fingerprint density at radius 1 is 1.16 bits per heavy atom. The van der Waals surface area contributed by atoms with Gasteiger partial charge in [0.05, 0.1) is 13.0 Å². The first-order valence-electron chi connectivity index (χ1n) is 8.44. The lowest BCUT2D eigenvalue weighted by molar-refractivity contribution is -0.126. The molecule has 1 atom stereocenters. The maximum atomic E-state index is 12.4. The van der Waals surface area contributed by atoms with E-state index in [1.54, 1.807) is 12.0 Å². The topological polar surface area (TPSA) is 58.6 Å². The van der Waals surface area contributed by atoms with Crippen LogP contribution in [0, 0.1) is 5.92 Å².